The molecule has 6 heteroatoms. The van der Waals surface area contributed by atoms with Crippen LogP contribution in [0.2, 0.25) is 0 Å². The number of ether oxygens (including phenoxy) is 2. The molecule has 1 aliphatic heterocycles. The van der Waals surface area contributed by atoms with Crippen LogP contribution in [0.1, 0.15) is 68.2 Å². The van der Waals surface area contributed by atoms with E-state index in [4.69, 9.17) is 9.47 Å². The predicted octanol–water partition coefficient (Wildman–Crippen LogP) is 5.04. The van der Waals surface area contributed by atoms with E-state index >= 15 is 0 Å². The van der Waals surface area contributed by atoms with E-state index in [0.717, 1.165) is 48.8 Å². The summed E-state index contributed by atoms with van der Waals surface area (Å²) in [5, 5.41) is 0. The minimum absolute atomic E-state index is 0.00268. The highest BCUT2D eigenvalue weighted by Gasteiger charge is 2.43. The zero-order valence-corrected chi connectivity index (χ0v) is 20.6. The predicted molar refractivity (Wildman–Crippen MR) is 132 cm³/mol. The average Bonchev–Trinajstić information content (AvgIpc) is 2.86. The molecule has 2 aromatic rings. The second-order valence-corrected chi connectivity index (χ2v) is 9.43. The Morgan fingerprint density at radius 1 is 0.971 bits per heavy atom. The summed E-state index contributed by atoms with van der Waals surface area (Å²) in [5.41, 5.74) is 2.93. The van der Waals surface area contributed by atoms with Crippen LogP contribution in [-0.4, -0.2) is 47.9 Å². The summed E-state index contributed by atoms with van der Waals surface area (Å²) < 4.78 is 11.4. The Balaban J connectivity index is 1.69. The van der Waals surface area contributed by atoms with Crippen LogP contribution in [0, 0.1) is 6.92 Å². The number of piperazine rings is 1. The fraction of sp³-hybridized carbons (Fsp3) is 0.500. The van der Waals surface area contributed by atoms with Gasteiger partial charge in [0.15, 0.2) is 11.5 Å². The third-order valence-corrected chi connectivity index (χ3v) is 6.91. The average molecular weight is 465 g/mol. The zero-order chi connectivity index (χ0) is 24.1. The first-order chi connectivity index (χ1) is 16.5. The molecule has 2 amide bonds. The second-order valence-electron chi connectivity index (χ2n) is 9.43. The fourth-order valence-corrected chi connectivity index (χ4v) is 5.03. The third kappa shape index (κ3) is 5.21. The highest BCUT2D eigenvalue weighted by Crippen LogP contribution is 2.37. The normalized spacial score (nSPS) is 19.4. The number of benzene rings is 2. The van der Waals surface area contributed by atoms with E-state index in [9.17, 15) is 9.59 Å². The Labute approximate surface area is 202 Å². The van der Waals surface area contributed by atoms with Crippen LogP contribution in [0.25, 0.3) is 0 Å². The van der Waals surface area contributed by atoms with Gasteiger partial charge in [-0.05, 0) is 49.4 Å². The summed E-state index contributed by atoms with van der Waals surface area (Å²) >= 11 is 0. The summed E-state index contributed by atoms with van der Waals surface area (Å²) in [6, 6.07) is 13.2. The molecule has 0 spiro atoms. The van der Waals surface area contributed by atoms with Gasteiger partial charge < -0.3 is 19.3 Å². The molecule has 1 aliphatic carbocycles. The van der Waals surface area contributed by atoms with Crippen molar-refractivity contribution in [2.24, 2.45) is 0 Å². The van der Waals surface area contributed by atoms with Gasteiger partial charge in [-0.25, -0.2) is 0 Å². The molecule has 1 atom stereocenters. The topological polar surface area (TPSA) is 59.1 Å². The number of carbonyl (C=O) groups is 2. The summed E-state index contributed by atoms with van der Waals surface area (Å²) in [7, 11) is 1.60. The van der Waals surface area contributed by atoms with Crippen LogP contribution < -0.4 is 9.47 Å². The lowest BCUT2D eigenvalue weighted by atomic mass is 9.91. The lowest BCUT2D eigenvalue weighted by Gasteiger charge is -2.44. The number of aryl methyl sites for hydroxylation is 1. The highest BCUT2D eigenvalue weighted by molar-refractivity contribution is 5.96. The molecule has 0 bridgehead atoms. The molecule has 182 valence electrons. The van der Waals surface area contributed by atoms with Gasteiger partial charge in [0.2, 0.25) is 5.91 Å². The molecule has 0 radical (unpaired) electrons. The standard InChI is InChI=1S/C28H36N2O4/c1-4-16-34-24-15-14-22(17-25(24)33-3)27-28(32)29(23-8-6-5-7-9-23)19-26(31)30(27)18-21-12-10-20(2)11-13-21/h10-15,17,23,27H,4-9,16,18-19H2,1-3H3/t27-/m1/s1. The molecule has 1 saturated heterocycles. The molecule has 1 heterocycles. The molecule has 0 unspecified atom stereocenters. The number of carbonyl (C=O) groups excluding carboxylic acids is 2. The molecule has 6 nitrogen and oxygen atoms in total. The van der Waals surface area contributed by atoms with Crippen LogP contribution in [0.5, 0.6) is 11.5 Å². The maximum absolute atomic E-state index is 13.9. The van der Waals surface area contributed by atoms with Crippen molar-refractivity contribution in [1.29, 1.82) is 0 Å². The van der Waals surface area contributed by atoms with Crippen LogP contribution in [0.4, 0.5) is 0 Å². The number of hydrogen-bond acceptors (Lipinski definition) is 4. The van der Waals surface area contributed by atoms with Gasteiger partial charge in [0.1, 0.15) is 12.6 Å². The number of amides is 2. The maximum atomic E-state index is 13.9. The number of methoxy groups -OCH3 is 1. The van der Waals surface area contributed by atoms with Crippen molar-refractivity contribution < 1.29 is 19.1 Å². The Morgan fingerprint density at radius 2 is 1.71 bits per heavy atom. The van der Waals surface area contributed by atoms with Gasteiger partial charge in [-0.3, -0.25) is 9.59 Å². The van der Waals surface area contributed by atoms with E-state index < -0.39 is 6.04 Å². The second kappa shape index (κ2) is 10.9. The van der Waals surface area contributed by atoms with Gasteiger partial charge in [0, 0.05) is 12.6 Å². The third-order valence-electron chi connectivity index (χ3n) is 6.91. The van der Waals surface area contributed by atoms with Crippen molar-refractivity contribution in [3.05, 3.63) is 59.2 Å². The smallest absolute Gasteiger partial charge is 0.250 e. The summed E-state index contributed by atoms with van der Waals surface area (Å²) in [5.74, 6) is 1.22. The largest absolute Gasteiger partial charge is 0.493 e. The zero-order valence-electron chi connectivity index (χ0n) is 20.6. The van der Waals surface area contributed by atoms with Crippen molar-refractivity contribution >= 4 is 11.8 Å². The lowest BCUT2D eigenvalue weighted by Crippen LogP contribution is -2.58. The monoisotopic (exact) mass is 464 g/mol. The number of hydrogen-bond donors (Lipinski definition) is 0. The van der Waals surface area contributed by atoms with Crippen molar-refractivity contribution in [2.45, 2.75) is 71.0 Å². The minimum Gasteiger partial charge on any atom is -0.493 e. The van der Waals surface area contributed by atoms with Crippen molar-refractivity contribution in [2.75, 3.05) is 20.3 Å². The summed E-state index contributed by atoms with van der Waals surface area (Å²) in [6.45, 7) is 5.23. The molecule has 0 N–H and O–H groups in total. The quantitative estimate of drug-likeness (QED) is 0.549. The van der Waals surface area contributed by atoms with Crippen LogP contribution >= 0.6 is 0 Å². The number of rotatable bonds is 8. The first-order valence-electron chi connectivity index (χ1n) is 12.5. The van der Waals surface area contributed by atoms with Gasteiger partial charge in [-0.15, -0.1) is 0 Å². The summed E-state index contributed by atoms with van der Waals surface area (Å²) in [4.78, 5) is 31.0. The summed E-state index contributed by atoms with van der Waals surface area (Å²) in [6.07, 6.45) is 6.25. The van der Waals surface area contributed by atoms with E-state index in [-0.39, 0.29) is 24.4 Å². The van der Waals surface area contributed by atoms with Crippen LogP contribution in [-0.2, 0) is 16.1 Å². The Kier molecular flexibility index (Phi) is 7.76. The molecule has 2 aliphatic rings. The molecule has 2 fully saturated rings. The van der Waals surface area contributed by atoms with E-state index in [0.29, 0.717) is 24.7 Å². The van der Waals surface area contributed by atoms with E-state index in [1.807, 2.05) is 54.3 Å². The molecular formula is C28H36N2O4. The maximum Gasteiger partial charge on any atom is 0.250 e. The Morgan fingerprint density at radius 3 is 2.38 bits per heavy atom. The van der Waals surface area contributed by atoms with Gasteiger partial charge in [0.05, 0.1) is 13.7 Å². The molecule has 1 saturated carbocycles. The molecule has 0 aromatic heterocycles. The van der Waals surface area contributed by atoms with E-state index in [1.54, 1.807) is 12.0 Å². The lowest BCUT2D eigenvalue weighted by molar-refractivity contribution is -0.160. The minimum atomic E-state index is -0.682. The first kappa shape index (κ1) is 24.1. The van der Waals surface area contributed by atoms with E-state index in [2.05, 4.69) is 6.92 Å². The highest BCUT2D eigenvalue weighted by atomic mass is 16.5. The van der Waals surface area contributed by atoms with Gasteiger partial charge in [0.25, 0.3) is 5.91 Å². The van der Waals surface area contributed by atoms with Gasteiger partial charge in [-0.1, -0.05) is 62.1 Å². The number of nitrogens with zero attached hydrogens (tertiary/aromatic N) is 2. The van der Waals surface area contributed by atoms with Gasteiger partial charge in [-0.2, -0.15) is 0 Å². The van der Waals surface area contributed by atoms with Crippen molar-refractivity contribution in [1.82, 2.24) is 9.80 Å². The van der Waals surface area contributed by atoms with Crippen LogP contribution in [0.15, 0.2) is 42.5 Å². The van der Waals surface area contributed by atoms with Crippen molar-refractivity contribution in [3.63, 3.8) is 0 Å². The molecule has 2 aromatic carbocycles. The van der Waals surface area contributed by atoms with E-state index in [1.165, 1.54) is 6.42 Å². The molecular weight excluding hydrogens is 428 g/mol. The Bertz CT molecular complexity index is 998. The SMILES string of the molecule is CCCOc1ccc([C@@H]2C(=O)N(C3CCCCC3)CC(=O)N2Cc2ccc(C)cc2)cc1OC. The van der Waals surface area contributed by atoms with Crippen molar-refractivity contribution in [3.8, 4) is 11.5 Å². The molecule has 4 rings (SSSR count). The van der Waals surface area contributed by atoms with Crippen LogP contribution in [0.3, 0.4) is 0 Å². The molecule has 34 heavy (non-hydrogen) atoms. The fourth-order valence-electron chi connectivity index (χ4n) is 5.03. The Hall–Kier alpha value is -3.02. The first-order valence-corrected chi connectivity index (χ1v) is 12.5. The van der Waals surface area contributed by atoms with Gasteiger partial charge >= 0.3 is 0 Å².